The summed E-state index contributed by atoms with van der Waals surface area (Å²) in [5, 5.41) is 6.48. The highest BCUT2D eigenvalue weighted by molar-refractivity contribution is 5.98. The molecule has 0 aromatic carbocycles. The minimum absolute atomic E-state index is 0.116. The number of hydrogen-bond donors (Lipinski definition) is 2. The standard InChI is InChI=1S/C19H25N3O2/c1-12-11-17(14(3)24-12)13(2)21-19(23)16-9-6-10-20-18(16)22-15-7-4-5-8-15/h6,9-11,13,15H,4-5,7-8H2,1-3H3,(H,20,22)(H,21,23)/t13-/m1/s1. The molecular weight excluding hydrogens is 302 g/mol. The fraction of sp³-hybridized carbons (Fsp3) is 0.474. The number of nitrogens with one attached hydrogen (secondary N) is 2. The van der Waals surface area contributed by atoms with Gasteiger partial charge in [0.05, 0.1) is 11.6 Å². The molecule has 5 heteroatoms. The van der Waals surface area contributed by atoms with E-state index in [9.17, 15) is 4.79 Å². The summed E-state index contributed by atoms with van der Waals surface area (Å²) in [5.74, 6) is 2.26. The van der Waals surface area contributed by atoms with Gasteiger partial charge in [-0.3, -0.25) is 4.79 Å². The number of furan rings is 1. The number of nitrogens with zero attached hydrogens (tertiary/aromatic N) is 1. The van der Waals surface area contributed by atoms with E-state index in [2.05, 4.69) is 15.6 Å². The summed E-state index contributed by atoms with van der Waals surface area (Å²) in [6, 6.07) is 5.89. The normalized spacial score (nSPS) is 16.1. The van der Waals surface area contributed by atoms with E-state index in [1.807, 2.05) is 32.9 Å². The van der Waals surface area contributed by atoms with Gasteiger partial charge in [0, 0.05) is 17.8 Å². The third-order valence-corrected chi connectivity index (χ3v) is 4.64. The smallest absolute Gasteiger partial charge is 0.255 e. The van der Waals surface area contributed by atoms with E-state index in [4.69, 9.17) is 4.42 Å². The molecule has 1 aliphatic carbocycles. The number of hydrogen-bond acceptors (Lipinski definition) is 4. The first kappa shape index (κ1) is 16.6. The Kier molecular flexibility index (Phi) is 4.88. The highest BCUT2D eigenvalue weighted by atomic mass is 16.3. The summed E-state index contributed by atoms with van der Waals surface area (Å²) >= 11 is 0. The van der Waals surface area contributed by atoms with Gasteiger partial charge in [-0.05, 0) is 51.8 Å². The summed E-state index contributed by atoms with van der Waals surface area (Å²) in [5.41, 5.74) is 1.60. The van der Waals surface area contributed by atoms with Crippen LogP contribution in [-0.4, -0.2) is 16.9 Å². The molecule has 0 radical (unpaired) electrons. The van der Waals surface area contributed by atoms with Crippen LogP contribution in [-0.2, 0) is 0 Å². The number of aromatic nitrogens is 1. The first-order chi connectivity index (χ1) is 11.5. The molecule has 0 aliphatic heterocycles. The molecule has 0 bridgehead atoms. The summed E-state index contributed by atoms with van der Waals surface area (Å²) < 4.78 is 5.56. The van der Waals surface area contributed by atoms with Gasteiger partial charge in [-0.2, -0.15) is 0 Å². The number of anilines is 1. The Hall–Kier alpha value is -2.30. The first-order valence-corrected chi connectivity index (χ1v) is 8.64. The maximum Gasteiger partial charge on any atom is 0.255 e. The predicted molar refractivity (Wildman–Crippen MR) is 94.2 cm³/mol. The number of aryl methyl sites for hydroxylation is 2. The quantitative estimate of drug-likeness (QED) is 0.866. The number of rotatable bonds is 5. The Morgan fingerprint density at radius 3 is 2.75 bits per heavy atom. The highest BCUT2D eigenvalue weighted by Crippen LogP contribution is 2.25. The molecule has 0 saturated heterocycles. The Morgan fingerprint density at radius 2 is 2.08 bits per heavy atom. The lowest BCUT2D eigenvalue weighted by Crippen LogP contribution is -2.28. The average molecular weight is 327 g/mol. The molecule has 0 spiro atoms. The summed E-state index contributed by atoms with van der Waals surface area (Å²) in [4.78, 5) is 17.1. The minimum atomic E-state index is -0.116. The van der Waals surface area contributed by atoms with Gasteiger partial charge in [0.15, 0.2) is 0 Å². The van der Waals surface area contributed by atoms with Crippen LogP contribution < -0.4 is 10.6 Å². The van der Waals surface area contributed by atoms with Crippen molar-refractivity contribution in [3.05, 3.63) is 47.0 Å². The van der Waals surface area contributed by atoms with Crippen LogP contribution >= 0.6 is 0 Å². The lowest BCUT2D eigenvalue weighted by Gasteiger charge is -2.17. The molecule has 128 valence electrons. The maximum absolute atomic E-state index is 12.7. The van der Waals surface area contributed by atoms with Gasteiger partial charge in [-0.25, -0.2) is 4.98 Å². The molecule has 2 N–H and O–H groups in total. The van der Waals surface area contributed by atoms with E-state index in [0.29, 0.717) is 17.4 Å². The van der Waals surface area contributed by atoms with Gasteiger partial charge in [0.25, 0.3) is 5.91 Å². The van der Waals surface area contributed by atoms with Gasteiger partial charge in [0.2, 0.25) is 0 Å². The third kappa shape index (κ3) is 3.61. The largest absolute Gasteiger partial charge is 0.466 e. The van der Waals surface area contributed by atoms with Crippen LogP contribution in [0.25, 0.3) is 0 Å². The average Bonchev–Trinajstić information content (AvgIpc) is 3.17. The Balaban J connectivity index is 1.73. The Morgan fingerprint density at radius 1 is 1.33 bits per heavy atom. The molecule has 1 saturated carbocycles. The third-order valence-electron chi connectivity index (χ3n) is 4.64. The summed E-state index contributed by atoms with van der Waals surface area (Å²) in [6.07, 6.45) is 6.48. The van der Waals surface area contributed by atoms with Crippen LogP contribution in [0.2, 0.25) is 0 Å². The van der Waals surface area contributed by atoms with Gasteiger partial charge in [0.1, 0.15) is 17.3 Å². The van der Waals surface area contributed by atoms with Crippen LogP contribution in [0.3, 0.4) is 0 Å². The van der Waals surface area contributed by atoms with Crippen LogP contribution in [0.5, 0.6) is 0 Å². The zero-order chi connectivity index (χ0) is 17.1. The fourth-order valence-corrected chi connectivity index (χ4v) is 3.40. The highest BCUT2D eigenvalue weighted by Gasteiger charge is 2.21. The predicted octanol–water partition coefficient (Wildman–Crippen LogP) is 4.14. The fourth-order valence-electron chi connectivity index (χ4n) is 3.40. The zero-order valence-electron chi connectivity index (χ0n) is 14.6. The number of pyridine rings is 1. The van der Waals surface area contributed by atoms with E-state index in [1.54, 1.807) is 12.3 Å². The molecule has 1 atom stereocenters. The molecule has 2 aromatic rings. The molecule has 3 rings (SSSR count). The number of amides is 1. The SMILES string of the molecule is Cc1cc([C@@H](C)NC(=O)c2cccnc2NC2CCCC2)c(C)o1. The molecular formula is C19H25N3O2. The van der Waals surface area contributed by atoms with Crippen molar-refractivity contribution < 1.29 is 9.21 Å². The molecule has 1 aliphatic rings. The van der Waals surface area contributed by atoms with E-state index in [0.717, 1.165) is 29.9 Å². The van der Waals surface area contributed by atoms with E-state index in [1.165, 1.54) is 12.8 Å². The van der Waals surface area contributed by atoms with E-state index in [-0.39, 0.29) is 11.9 Å². The van der Waals surface area contributed by atoms with Crippen molar-refractivity contribution in [1.82, 2.24) is 10.3 Å². The monoisotopic (exact) mass is 327 g/mol. The van der Waals surface area contributed by atoms with Crippen LogP contribution in [0.1, 0.15) is 66.1 Å². The van der Waals surface area contributed by atoms with Crippen molar-refractivity contribution in [2.75, 3.05) is 5.32 Å². The second kappa shape index (κ2) is 7.07. The number of carbonyl (C=O) groups is 1. The second-order valence-corrected chi connectivity index (χ2v) is 6.59. The molecule has 2 heterocycles. The van der Waals surface area contributed by atoms with Crippen molar-refractivity contribution in [3.8, 4) is 0 Å². The number of carbonyl (C=O) groups excluding carboxylic acids is 1. The van der Waals surface area contributed by atoms with Gasteiger partial charge in [-0.1, -0.05) is 12.8 Å². The lowest BCUT2D eigenvalue weighted by molar-refractivity contribution is 0.0940. The van der Waals surface area contributed by atoms with Crippen LogP contribution in [0, 0.1) is 13.8 Å². The molecule has 0 unspecified atom stereocenters. The van der Waals surface area contributed by atoms with E-state index < -0.39 is 0 Å². The van der Waals surface area contributed by atoms with Gasteiger partial charge >= 0.3 is 0 Å². The van der Waals surface area contributed by atoms with E-state index >= 15 is 0 Å². The summed E-state index contributed by atoms with van der Waals surface area (Å²) in [6.45, 7) is 5.80. The van der Waals surface area contributed by atoms with Crippen molar-refractivity contribution >= 4 is 11.7 Å². The molecule has 24 heavy (non-hydrogen) atoms. The summed E-state index contributed by atoms with van der Waals surface area (Å²) in [7, 11) is 0. The van der Waals surface area contributed by atoms with Crippen LogP contribution in [0.15, 0.2) is 28.8 Å². The van der Waals surface area contributed by atoms with Crippen molar-refractivity contribution in [2.45, 2.75) is 58.5 Å². The van der Waals surface area contributed by atoms with Gasteiger partial charge in [-0.15, -0.1) is 0 Å². The van der Waals surface area contributed by atoms with Gasteiger partial charge < -0.3 is 15.1 Å². The Labute approximate surface area is 142 Å². The maximum atomic E-state index is 12.7. The van der Waals surface area contributed by atoms with Crippen LogP contribution in [0.4, 0.5) is 5.82 Å². The molecule has 5 nitrogen and oxygen atoms in total. The minimum Gasteiger partial charge on any atom is -0.466 e. The second-order valence-electron chi connectivity index (χ2n) is 6.59. The van der Waals surface area contributed by atoms with Crippen molar-refractivity contribution in [1.29, 1.82) is 0 Å². The lowest BCUT2D eigenvalue weighted by atomic mass is 10.1. The Bertz CT molecular complexity index is 717. The molecule has 1 amide bonds. The zero-order valence-corrected chi connectivity index (χ0v) is 14.6. The van der Waals surface area contributed by atoms with Crippen molar-refractivity contribution in [2.24, 2.45) is 0 Å². The molecule has 1 fully saturated rings. The topological polar surface area (TPSA) is 67.2 Å². The first-order valence-electron chi connectivity index (χ1n) is 8.64. The van der Waals surface area contributed by atoms with Crippen molar-refractivity contribution in [3.63, 3.8) is 0 Å². The molecule has 2 aromatic heterocycles.